The van der Waals surface area contributed by atoms with Gasteiger partial charge in [-0.1, -0.05) is 46.3 Å². The van der Waals surface area contributed by atoms with Crippen LogP contribution >= 0.6 is 15.9 Å². The van der Waals surface area contributed by atoms with E-state index in [1.54, 1.807) is 29.2 Å². The molecule has 1 aliphatic rings. The van der Waals surface area contributed by atoms with Crippen molar-refractivity contribution in [2.24, 2.45) is 0 Å². The predicted octanol–water partition coefficient (Wildman–Crippen LogP) is 3.97. The number of likely N-dealkylation sites (tertiary alicyclic amines) is 1. The van der Waals surface area contributed by atoms with Gasteiger partial charge < -0.3 is 9.64 Å². The lowest BCUT2D eigenvalue weighted by Gasteiger charge is -2.23. The van der Waals surface area contributed by atoms with Crippen molar-refractivity contribution in [1.82, 2.24) is 4.90 Å². The van der Waals surface area contributed by atoms with Gasteiger partial charge in [0.15, 0.2) is 0 Å². The van der Waals surface area contributed by atoms with Crippen LogP contribution in [0.1, 0.15) is 34.9 Å². The van der Waals surface area contributed by atoms with Crippen LogP contribution in [0.5, 0.6) is 0 Å². The first-order chi connectivity index (χ1) is 11.6. The Morgan fingerprint density at radius 3 is 2.21 bits per heavy atom. The third-order valence-corrected chi connectivity index (χ3v) is 4.58. The van der Waals surface area contributed by atoms with E-state index in [2.05, 4.69) is 15.9 Å². The van der Waals surface area contributed by atoms with Gasteiger partial charge in [0.1, 0.15) is 0 Å². The summed E-state index contributed by atoms with van der Waals surface area (Å²) in [7, 11) is 0. The number of halogens is 1. The van der Waals surface area contributed by atoms with Gasteiger partial charge in [0.05, 0.1) is 5.56 Å². The summed E-state index contributed by atoms with van der Waals surface area (Å²) < 4.78 is 6.47. The summed E-state index contributed by atoms with van der Waals surface area (Å²) in [6.07, 6.45) is 1.09. The highest BCUT2D eigenvalue weighted by Gasteiger charge is 2.31. The highest BCUT2D eigenvalue weighted by Crippen LogP contribution is 2.24. The predicted molar refractivity (Wildman–Crippen MR) is 94.6 cm³/mol. The molecule has 2 aromatic rings. The molecule has 3 rings (SSSR count). The summed E-state index contributed by atoms with van der Waals surface area (Å²) >= 11 is 3.34. The van der Waals surface area contributed by atoms with E-state index < -0.39 is 12.1 Å². The van der Waals surface area contributed by atoms with E-state index in [0.29, 0.717) is 11.1 Å². The Hall–Kier alpha value is -2.14. The molecule has 24 heavy (non-hydrogen) atoms. The van der Waals surface area contributed by atoms with Crippen molar-refractivity contribution in [3.63, 3.8) is 0 Å². The normalized spacial score (nSPS) is 15.1. The van der Waals surface area contributed by atoms with Gasteiger partial charge >= 0.3 is 5.97 Å². The van der Waals surface area contributed by atoms with Crippen LogP contribution in [-0.2, 0) is 9.53 Å². The molecule has 1 atom stereocenters. The molecule has 124 valence electrons. The minimum absolute atomic E-state index is 0.149. The summed E-state index contributed by atoms with van der Waals surface area (Å²) in [5.41, 5.74) is 1.12. The monoisotopic (exact) mass is 387 g/mol. The summed E-state index contributed by atoms with van der Waals surface area (Å²) in [6, 6.07) is 16.1. The SMILES string of the molecule is O=C(O[C@@H](C(=O)N1CCCC1)c1ccccc1)c1ccc(Br)cc1. The Balaban J connectivity index is 1.83. The van der Waals surface area contributed by atoms with Gasteiger partial charge in [0.25, 0.3) is 5.91 Å². The molecule has 0 N–H and O–H groups in total. The topological polar surface area (TPSA) is 46.6 Å². The molecular formula is C19H18BrNO3. The van der Waals surface area contributed by atoms with Crippen molar-refractivity contribution in [3.8, 4) is 0 Å². The number of hydrogen-bond donors (Lipinski definition) is 0. The zero-order valence-electron chi connectivity index (χ0n) is 13.2. The average Bonchev–Trinajstić information content (AvgIpc) is 3.15. The van der Waals surface area contributed by atoms with Crippen LogP contribution in [0.15, 0.2) is 59.1 Å². The van der Waals surface area contributed by atoms with Gasteiger partial charge in [0.2, 0.25) is 6.10 Å². The van der Waals surface area contributed by atoms with Crippen molar-refractivity contribution in [2.75, 3.05) is 13.1 Å². The molecule has 4 nitrogen and oxygen atoms in total. The Kier molecular flexibility index (Phi) is 5.30. The minimum Gasteiger partial charge on any atom is -0.444 e. The van der Waals surface area contributed by atoms with Crippen LogP contribution in [0.4, 0.5) is 0 Å². The van der Waals surface area contributed by atoms with E-state index >= 15 is 0 Å². The highest BCUT2D eigenvalue weighted by molar-refractivity contribution is 9.10. The van der Waals surface area contributed by atoms with Crippen LogP contribution in [0.25, 0.3) is 0 Å². The summed E-state index contributed by atoms with van der Waals surface area (Å²) in [6.45, 7) is 1.44. The quantitative estimate of drug-likeness (QED) is 0.745. The number of benzene rings is 2. The Labute approximate surface area is 149 Å². The first-order valence-electron chi connectivity index (χ1n) is 7.95. The lowest BCUT2D eigenvalue weighted by atomic mass is 10.1. The summed E-state index contributed by atoms with van der Waals surface area (Å²) in [5, 5.41) is 0. The van der Waals surface area contributed by atoms with E-state index in [-0.39, 0.29) is 5.91 Å². The van der Waals surface area contributed by atoms with E-state index in [0.717, 1.165) is 30.4 Å². The fourth-order valence-corrected chi connectivity index (χ4v) is 3.02. The molecule has 0 aliphatic carbocycles. The number of carbonyl (C=O) groups excluding carboxylic acids is 2. The molecule has 1 fully saturated rings. The molecule has 0 unspecified atom stereocenters. The standard InChI is InChI=1S/C19H18BrNO3/c20-16-10-8-15(9-11-16)19(23)24-17(14-6-2-1-3-7-14)18(22)21-12-4-5-13-21/h1-3,6-11,17H,4-5,12-13H2/t17-/m1/s1. The van der Waals surface area contributed by atoms with Crippen LogP contribution in [0.3, 0.4) is 0 Å². The number of carbonyl (C=O) groups is 2. The van der Waals surface area contributed by atoms with Gasteiger partial charge in [-0.05, 0) is 37.1 Å². The smallest absolute Gasteiger partial charge is 0.339 e. The lowest BCUT2D eigenvalue weighted by molar-refractivity contribution is -0.140. The fraction of sp³-hybridized carbons (Fsp3) is 0.263. The molecule has 1 amide bonds. The molecule has 1 saturated heterocycles. The Bertz CT molecular complexity index is 709. The van der Waals surface area contributed by atoms with E-state index in [1.165, 1.54) is 0 Å². The third-order valence-electron chi connectivity index (χ3n) is 4.05. The van der Waals surface area contributed by atoms with Crippen molar-refractivity contribution in [3.05, 3.63) is 70.2 Å². The van der Waals surface area contributed by atoms with Crippen molar-refractivity contribution >= 4 is 27.8 Å². The maximum Gasteiger partial charge on any atom is 0.339 e. The fourth-order valence-electron chi connectivity index (χ4n) is 2.75. The number of rotatable bonds is 4. The molecule has 0 saturated carbocycles. The second kappa shape index (κ2) is 7.62. The number of nitrogens with zero attached hydrogens (tertiary/aromatic N) is 1. The number of ether oxygens (including phenoxy) is 1. The molecule has 0 spiro atoms. The Morgan fingerprint density at radius 2 is 1.58 bits per heavy atom. The van der Waals surface area contributed by atoms with Gasteiger partial charge in [-0.2, -0.15) is 0 Å². The molecule has 1 aliphatic heterocycles. The largest absolute Gasteiger partial charge is 0.444 e. The van der Waals surface area contributed by atoms with Crippen molar-refractivity contribution < 1.29 is 14.3 Å². The van der Waals surface area contributed by atoms with E-state index in [9.17, 15) is 9.59 Å². The molecule has 5 heteroatoms. The van der Waals surface area contributed by atoms with Gasteiger partial charge in [-0.15, -0.1) is 0 Å². The van der Waals surface area contributed by atoms with E-state index in [4.69, 9.17) is 4.74 Å². The second-order valence-electron chi connectivity index (χ2n) is 5.74. The van der Waals surface area contributed by atoms with Crippen LogP contribution in [0.2, 0.25) is 0 Å². The molecule has 0 radical (unpaired) electrons. The lowest BCUT2D eigenvalue weighted by Crippen LogP contribution is -2.34. The maximum absolute atomic E-state index is 12.8. The molecule has 0 aromatic heterocycles. The van der Waals surface area contributed by atoms with Crippen LogP contribution in [0, 0.1) is 0 Å². The number of hydrogen-bond acceptors (Lipinski definition) is 3. The highest BCUT2D eigenvalue weighted by atomic mass is 79.9. The number of amides is 1. The Morgan fingerprint density at radius 1 is 0.958 bits per heavy atom. The first-order valence-corrected chi connectivity index (χ1v) is 8.75. The van der Waals surface area contributed by atoms with Gasteiger partial charge in [0, 0.05) is 23.1 Å². The minimum atomic E-state index is -0.902. The van der Waals surface area contributed by atoms with Gasteiger partial charge in [-0.25, -0.2) is 4.79 Å². The van der Waals surface area contributed by atoms with Gasteiger partial charge in [-0.3, -0.25) is 4.79 Å². The summed E-state index contributed by atoms with van der Waals surface area (Å²) in [4.78, 5) is 27.0. The number of esters is 1. The molecule has 2 aromatic carbocycles. The average molecular weight is 388 g/mol. The van der Waals surface area contributed by atoms with Crippen molar-refractivity contribution in [1.29, 1.82) is 0 Å². The first kappa shape index (κ1) is 16.7. The van der Waals surface area contributed by atoms with Crippen molar-refractivity contribution in [2.45, 2.75) is 18.9 Å². The zero-order chi connectivity index (χ0) is 16.9. The second-order valence-corrected chi connectivity index (χ2v) is 6.65. The zero-order valence-corrected chi connectivity index (χ0v) is 14.7. The molecule has 0 bridgehead atoms. The molecular weight excluding hydrogens is 370 g/mol. The molecule has 1 heterocycles. The van der Waals surface area contributed by atoms with E-state index in [1.807, 2.05) is 30.3 Å². The van der Waals surface area contributed by atoms with Crippen LogP contribution in [-0.4, -0.2) is 29.9 Å². The third kappa shape index (κ3) is 3.85. The van der Waals surface area contributed by atoms with Crippen LogP contribution < -0.4 is 0 Å². The summed E-state index contributed by atoms with van der Waals surface area (Å²) in [5.74, 6) is -0.645. The maximum atomic E-state index is 12.8.